The van der Waals surface area contributed by atoms with Crippen molar-refractivity contribution in [2.45, 2.75) is 44.0 Å². The van der Waals surface area contributed by atoms with Crippen molar-refractivity contribution >= 4 is 23.6 Å². The van der Waals surface area contributed by atoms with Crippen LogP contribution in [0.25, 0.3) is 0 Å². The molecule has 0 saturated carbocycles. The molecular formula is C22H37N5OS. The smallest absolute Gasteiger partial charge is 0.243 e. The fraction of sp³-hybridized carbons (Fsp3) is 0.636. The molecule has 0 atom stereocenters. The van der Waals surface area contributed by atoms with Crippen LogP contribution in [0.4, 0.5) is 0 Å². The molecule has 1 aliphatic rings. The molecule has 1 aromatic rings. The molecule has 1 fully saturated rings. The molecule has 0 unspecified atom stereocenters. The van der Waals surface area contributed by atoms with Gasteiger partial charge in [-0.15, -0.1) is 0 Å². The molecule has 6 nitrogen and oxygen atoms in total. The van der Waals surface area contributed by atoms with E-state index < -0.39 is 0 Å². The Morgan fingerprint density at radius 3 is 2.48 bits per heavy atom. The van der Waals surface area contributed by atoms with Crippen LogP contribution in [0.15, 0.2) is 35.3 Å². The first-order valence-electron chi connectivity index (χ1n) is 10.4. The fourth-order valence-electron chi connectivity index (χ4n) is 3.08. The quantitative estimate of drug-likeness (QED) is 0.501. The molecule has 162 valence electrons. The van der Waals surface area contributed by atoms with E-state index in [0.29, 0.717) is 6.04 Å². The molecule has 1 aliphatic heterocycles. The van der Waals surface area contributed by atoms with Crippen LogP contribution in [0, 0.1) is 0 Å². The Hall–Kier alpha value is -1.73. The number of hydrogen-bond donors (Lipinski definition) is 2. The first kappa shape index (κ1) is 23.5. The lowest BCUT2D eigenvalue weighted by Crippen LogP contribution is -2.50. The maximum Gasteiger partial charge on any atom is 0.243 e. The van der Waals surface area contributed by atoms with Crippen molar-refractivity contribution in [1.82, 2.24) is 20.4 Å². The molecule has 1 aromatic carbocycles. The Kier molecular flexibility index (Phi) is 9.30. The van der Waals surface area contributed by atoms with Crippen LogP contribution in [-0.4, -0.2) is 79.0 Å². The Morgan fingerprint density at radius 2 is 1.90 bits per heavy atom. The number of nitrogens with one attached hydrogen (secondary N) is 2. The maximum absolute atomic E-state index is 12.0. The number of thioether (sulfide) groups is 1. The van der Waals surface area contributed by atoms with Crippen LogP contribution in [0.1, 0.15) is 32.3 Å². The topological polar surface area (TPSA) is 60.0 Å². The first-order chi connectivity index (χ1) is 13.8. The molecule has 0 bridgehead atoms. The average molecular weight is 420 g/mol. The number of guanidine groups is 1. The standard InChI is InChI=1S/C22H37N5OS/c1-22(2,29-5)17-24-21(23-15-20(28)26(3)4)25-19-11-13-27(14-12-19)16-18-9-7-6-8-10-18/h6-10,19H,11-17H2,1-5H3,(H2,23,24,25). The van der Waals surface area contributed by atoms with Crippen LogP contribution in [0.2, 0.25) is 0 Å². The molecule has 0 aromatic heterocycles. The van der Waals surface area contributed by atoms with E-state index in [-0.39, 0.29) is 17.2 Å². The van der Waals surface area contributed by atoms with Gasteiger partial charge in [-0.3, -0.25) is 9.69 Å². The van der Waals surface area contributed by atoms with Crippen LogP contribution in [0.5, 0.6) is 0 Å². The number of rotatable bonds is 8. The molecule has 1 saturated heterocycles. The van der Waals surface area contributed by atoms with Crippen molar-refractivity contribution in [3.8, 4) is 0 Å². The molecule has 2 N–H and O–H groups in total. The Bertz CT molecular complexity index is 654. The van der Waals surface area contributed by atoms with E-state index >= 15 is 0 Å². The summed E-state index contributed by atoms with van der Waals surface area (Å²) in [6.45, 7) is 8.49. The second-order valence-corrected chi connectivity index (χ2v) is 9.96. The molecule has 7 heteroatoms. The first-order valence-corrected chi connectivity index (χ1v) is 11.6. The summed E-state index contributed by atoms with van der Waals surface area (Å²) in [6.07, 6.45) is 4.26. The van der Waals surface area contributed by atoms with Crippen molar-refractivity contribution in [1.29, 1.82) is 0 Å². The van der Waals surface area contributed by atoms with E-state index in [0.717, 1.165) is 45.0 Å². The second-order valence-electron chi connectivity index (χ2n) is 8.45. The predicted octanol–water partition coefficient (Wildman–Crippen LogP) is 2.42. The van der Waals surface area contributed by atoms with Crippen molar-refractivity contribution in [2.75, 3.05) is 46.5 Å². The Balaban J connectivity index is 1.89. The fourth-order valence-corrected chi connectivity index (χ4v) is 3.30. The number of hydrogen-bond acceptors (Lipinski definition) is 4. The third-order valence-electron chi connectivity index (χ3n) is 5.28. The van der Waals surface area contributed by atoms with Crippen LogP contribution in [0.3, 0.4) is 0 Å². The summed E-state index contributed by atoms with van der Waals surface area (Å²) in [6, 6.07) is 11.0. The summed E-state index contributed by atoms with van der Waals surface area (Å²) in [5, 5.41) is 7.00. The van der Waals surface area contributed by atoms with Gasteiger partial charge in [-0.05, 0) is 38.5 Å². The van der Waals surface area contributed by atoms with Gasteiger partial charge in [0.25, 0.3) is 0 Å². The van der Waals surface area contributed by atoms with Gasteiger partial charge in [0.15, 0.2) is 5.96 Å². The zero-order valence-corrected chi connectivity index (χ0v) is 19.4. The van der Waals surface area contributed by atoms with Gasteiger partial charge >= 0.3 is 0 Å². The number of amides is 1. The van der Waals surface area contributed by atoms with Crippen molar-refractivity contribution in [3.05, 3.63) is 35.9 Å². The lowest BCUT2D eigenvalue weighted by atomic mass is 10.0. The lowest BCUT2D eigenvalue weighted by molar-refractivity contribution is -0.127. The van der Waals surface area contributed by atoms with Gasteiger partial charge in [-0.2, -0.15) is 11.8 Å². The summed E-state index contributed by atoms with van der Waals surface area (Å²) in [5.74, 6) is 0.747. The van der Waals surface area contributed by atoms with Gasteiger partial charge in [-0.25, -0.2) is 4.99 Å². The lowest BCUT2D eigenvalue weighted by Gasteiger charge is -2.33. The predicted molar refractivity (Wildman–Crippen MR) is 124 cm³/mol. The van der Waals surface area contributed by atoms with Crippen LogP contribution < -0.4 is 10.6 Å². The second kappa shape index (κ2) is 11.5. The number of likely N-dealkylation sites (N-methyl/N-ethyl adjacent to an activating group) is 1. The zero-order chi connectivity index (χ0) is 21.3. The summed E-state index contributed by atoms with van der Waals surface area (Å²) >= 11 is 1.82. The van der Waals surface area contributed by atoms with Gasteiger partial charge in [0, 0.05) is 51.1 Å². The van der Waals surface area contributed by atoms with Crippen LogP contribution >= 0.6 is 11.8 Å². The SMILES string of the molecule is CSC(C)(C)CNC(=NCC(=O)N(C)C)NC1CCN(Cc2ccccc2)CC1. The van der Waals surface area contributed by atoms with E-state index in [9.17, 15) is 4.79 Å². The monoisotopic (exact) mass is 419 g/mol. The minimum absolute atomic E-state index is 0.00732. The minimum Gasteiger partial charge on any atom is -0.355 e. The Morgan fingerprint density at radius 1 is 1.24 bits per heavy atom. The number of nitrogens with zero attached hydrogens (tertiary/aromatic N) is 3. The van der Waals surface area contributed by atoms with Gasteiger partial charge in [0.2, 0.25) is 5.91 Å². The van der Waals surface area contributed by atoms with E-state index in [1.165, 1.54) is 5.56 Å². The molecule has 2 rings (SSSR count). The normalized spacial score (nSPS) is 16.5. The Labute approximate surface area is 180 Å². The summed E-state index contributed by atoms with van der Waals surface area (Å²) in [5.41, 5.74) is 1.37. The third-order valence-corrected chi connectivity index (χ3v) is 6.53. The largest absolute Gasteiger partial charge is 0.355 e. The molecule has 0 spiro atoms. The summed E-state index contributed by atoms with van der Waals surface area (Å²) in [7, 11) is 3.52. The number of piperidine rings is 1. The van der Waals surface area contributed by atoms with E-state index in [1.54, 1.807) is 19.0 Å². The summed E-state index contributed by atoms with van der Waals surface area (Å²) in [4.78, 5) is 20.6. The maximum atomic E-state index is 12.0. The summed E-state index contributed by atoms with van der Waals surface area (Å²) < 4.78 is 0.104. The number of carbonyl (C=O) groups excluding carboxylic acids is 1. The van der Waals surface area contributed by atoms with Gasteiger partial charge in [0.05, 0.1) is 0 Å². The average Bonchev–Trinajstić information content (AvgIpc) is 2.71. The van der Waals surface area contributed by atoms with Crippen molar-refractivity contribution in [2.24, 2.45) is 4.99 Å². The number of aliphatic imine (C=N–C) groups is 1. The molecule has 1 amide bonds. The van der Waals surface area contributed by atoms with Crippen molar-refractivity contribution < 1.29 is 4.79 Å². The van der Waals surface area contributed by atoms with Gasteiger partial charge in [0.1, 0.15) is 6.54 Å². The zero-order valence-electron chi connectivity index (χ0n) is 18.6. The van der Waals surface area contributed by atoms with E-state index in [1.807, 2.05) is 11.8 Å². The van der Waals surface area contributed by atoms with Crippen LogP contribution in [-0.2, 0) is 11.3 Å². The van der Waals surface area contributed by atoms with Gasteiger partial charge in [-0.1, -0.05) is 30.3 Å². The van der Waals surface area contributed by atoms with Gasteiger partial charge < -0.3 is 15.5 Å². The molecule has 0 aliphatic carbocycles. The third kappa shape index (κ3) is 8.66. The van der Waals surface area contributed by atoms with Crippen molar-refractivity contribution in [3.63, 3.8) is 0 Å². The molecule has 1 heterocycles. The number of likely N-dealkylation sites (tertiary alicyclic amines) is 1. The highest BCUT2D eigenvalue weighted by Gasteiger charge is 2.22. The number of carbonyl (C=O) groups is 1. The molecular weight excluding hydrogens is 382 g/mol. The molecule has 29 heavy (non-hydrogen) atoms. The van der Waals surface area contributed by atoms with E-state index in [2.05, 4.69) is 71.0 Å². The number of benzene rings is 1. The highest BCUT2D eigenvalue weighted by molar-refractivity contribution is 7.99. The van der Waals surface area contributed by atoms with E-state index in [4.69, 9.17) is 0 Å². The minimum atomic E-state index is 0.00732. The highest BCUT2D eigenvalue weighted by atomic mass is 32.2. The highest BCUT2D eigenvalue weighted by Crippen LogP contribution is 2.19. The molecule has 0 radical (unpaired) electrons.